The summed E-state index contributed by atoms with van der Waals surface area (Å²) in [4.78, 5) is 11.5. The Labute approximate surface area is 216 Å². The Balaban J connectivity index is 1.27. The van der Waals surface area contributed by atoms with E-state index in [4.69, 9.17) is 19.6 Å². The zero-order valence-electron chi connectivity index (χ0n) is 20.3. The molecule has 37 heavy (non-hydrogen) atoms. The maximum atomic E-state index is 11.6. The summed E-state index contributed by atoms with van der Waals surface area (Å²) < 4.78 is 35.7. The van der Waals surface area contributed by atoms with E-state index in [0.717, 1.165) is 37.4 Å². The number of benzene rings is 2. The average molecular weight is 521 g/mol. The highest BCUT2D eigenvalue weighted by atomic mass is 32.2. The summed E-state index contributed by atoms with van der Waals surface area (Å²) in [5.74, 6) is 1.09. The number of rotatable bonds is 7. The number of ether oxygens (including phenoxy) is 2. The molecule has 11 heteroatoms. The summed E-state index contributed by atoms with van der Waals surface area (Å²) >= 11 is 0. The Bertz CT molecular complexity index is 1400. The smallest absolute Gasteiger partial charge is 0.277 e. The van der Waals surface area contributed by atoms with Crippen LogP contribution >= 0.6 is 0 Å². The van der Waals surface area contributed by atoms with E-state index in [1.807, 2.05) is 12.1 Å². The van der Waals surface area contributed by atoms with E-state index < -0.39 is 10.2 Å². The van der Waals surface area contributed by atoms with Crippen molar-refractivity contribution in [1.29, 1.82) is 5.26 Å². The van der Waals surface area contributed by atoms with Gasteiger partial charge in [-0.15, -0.1) is 0 Å². The van der Waals surface area contributed by atoms with Crippen molar-refractivity contribution in [3.05, 3.63) is 71.7 Å². The summed E-state index contributed by atoms with van der Waals surface area (Å²) in [7, 11) is -3.75. The van der Waals surface area contributed by atoms with Crippen molar-refractivity contribution < 1.29 is 17.9 Å². The second kappa shape index (κ2) is 10.8. The average Bonchev–Trinajstić information content (AvgIpc) is 3.39. The van der Waals surface area contributed by atoms with Crippen molar-refractivity contribution in [1.82, 2.24) is 14.3 Å². The SMILES string of the molecule is N#Cc1cc(-c2ccnc(Cc3ccc(N4CCOCC4)cc3)n2)ccc1OC1CCN(S(N)(=O)=O)C1. The lowest BCUT2D eigenvalue weighted by molar-refractivity contribution is 0.122. The van der Waals surface area contributed by atoms with Gasteiger partial charge in [-0.1, -0.05) is 12.1 Å². The van der Waals surface area contributed by atoms with Gasteiger partial charge in [-0.25, -0.2) is 15.1 Å². The van der Waals surface area contributed by atoms with Crippen LogP contribution < -0.4 is 14.8 Å². The molecule has 0 aliphatic carbocycles. The van der Waals surface area contributed by atoms with Crippen molar-refractivity contribution in [2.45, 2.75) is 18.9 Å². The van der Waals surface area contributed by atoms with E-state index in [1.54, 1.807) is 18.3 Å². The molecule has 2 fully saturated rings. The highest BCUT2D eigenvalue weighted by molar-refractivity contribution is 7.86. The molecule has 2 aliphatic rings. The summed E-state index contributed by atoms with van der Waals surface area (Å²) in [6.45, 7) is 3.75. The molecule has 1 atom stereocenters. The van der Waals surface area contributed by atoms with E-state index in [9.17, 15) is 13.7 Å². The maximum absolute atomic E-state index is 11.6. The number of nitrogens with zero attached hydrogens (tertiary/aromatic N) is 5. The molecule has 0 spiro atoms. The van der Waals surface area contributed by atoms with E-state index in [0.29, 0.717) is 42.2 Å². The highest BCUT2D eigenvalue weighted by Gasteiger charge is 2.30. The van der Waals surface area contributed by atoms with E-state index in [-0.39, 0.29) is 12.6 Å². The summed E-state index contributed by atoms with van der Waals surface area (Å²) in [6.07, 6.45) is 2.45. The van der Waals surface area contributed by atoms with Crippen LogP contribution in [0, 0.1) is 11.3 Å². The van der Waals surface area contributed by atoms with E-state index >= 15 is 0 Å². The number of morpholine rings is 1. The van der Waals surface area contributed by atoms with Gasteiger partial charge < -0.3 is 14.4 Å². The topological polar surface area (TPSA) is 135 Å². The van der Waals surface area contributed by atoms with Crippen molar-refractivity contribution in [2.24, 2.45) is 5.14 Å². The van der Waals surface area contributed by atoms with E-state index in [1.165, 1.54) is 9.99 Å². The number of anilines is 1. The highest BCUT2D eigenvalue weighted by Crippen LogP contribution is 2.28. The van der Waals surface area contributed by atoms with Crippen LogP contribution in [0.5, 0.6) is 5.75 Å². The Morgan fingerprint density at radius 3 is 2.59 bits per heavy atom. The number of aromatic nitrogens is 2. The third kappa shape index (κ3) is 6.06. The Kier molecular flexibility index (Phi) is 7.34. The van der Waals surface area contributed by atoms with Gasteiger partial charge in [-0.05, 0) is 48.4 Å². The van der Waals surface area contributed by atoms with Gasteiger partial charge >= 0.3 is 0 Å². The molecule has 5 rings (SSSR count). The summed E-state index contributed by atoms with van der Waals surface area (Å²) in [5.41, 5.74) is 4.13. The van der Waals surface area contributed by atoms with Gasteiger partial charge in [0.25, 0.3) is 10.2 Å². The molecule has 0 radical (unpaired) electrons. The molecule has 3 aromatic rings. The first kappa shape index (κ1) is 25.1. The Morgan fingerprint density at radius 2 is 1.89 bits per heavy atom. The molecule has 2 aromatic carbocycles. The van der Waals surface area contributed by atoms with Crippen LogP contribution in [0.4, 0.5) is 5.69 Å². The molecule has 2 aliphatic heterocycles. The molecule has 2 N–H and O–H groups in total. The van der Waals surface area contributed by atoms with Crippen molar-refractivity contribution >= 4 is 15.9 Å². The van der Waals surface area contributed by atoms with Crippen LogP contribution in [0.25, 0.3) is 11.3 Å². The zero-order chi connectivity index (χ0) is 25.8. The van der Waals surface area contributed by atoms with Crippen LogP contribution in [0.3, 0.4) is 0 Å². The fourth-order valence-corrected chi connectivity index (χ4v) is 5.29. The van der Waals surface area contributed by atoms with Gasteiger partial charge in [0.05, 0.1) is 31.0 Å². The summed E-state index contributed by atoms with van der Waals surface area (Å²) in [5, 5.41) is 14.9. The zero-order valence-corrected chi connectivity index (χ0v) is 21.1. The lowest BCUT2D eigenvalue weighted by Crippen LogP contribution is -2.36. The number of nitrogens with two attached hydrogens (primary N) is 1. The minimum atomic E-state index is -3.75. The van der Waals surface area contributed by atoms with Crippen LogP contribution in [0.15, 0.2) is 54.7 Å². The molecule has 0 amide bonds. The molecule has 0 bridgehead atoms. The molecule has 10 nitrogen and oxygen atoms in total. The standard InChI is InChI=1S/C26H28N6O4S/c27-17-21-16-20(3-6-25(21)36-23-8-10-32(18-23)37(28,33)34)24-7-9-29-26(30-24)15-19-1-4-22(5-2-19)31-11-13-35-14-12-31/h1-7,9,16,23H,8,10-15,18H2,(H2,28,33,34). The van der Waals surface area contributed by atoms with Crippen molar-refractivity contribution in [3.63, 3.8) is 0 Å². The first-order valence-corrected chi connectivity index (χ1v) is 13.6. The maximum Gasteiger partial charge on any atom is 0.277 e. The quantitative estimate of drug-likeness (QED) is 0.500. The normalized spacial score (nSPS) is 18.5. The first-order valence-electron chi connectivity index (χ1n) is 12.1. The van der Waals surface area contributed by atoms with Gasteiger partial charge in [0.1, 0.15) is 23.7 Å². The summed E-state index contributed by atoms with van der Waals surface area (Å²) in [6, 6.07) is 17.7. The molecule has 1 unspecified atom stereocenters. The predicted molar refractivity (Wildman–Crippen MR) is 138 cm³/mol. The second-order valence-corrected chi connectivity index (χ2v) is 10.6. The molecule has 192 valence electrons. The molecule has 3 heterocycles. The fourth-order valence-electron chi connectivity index (χ4n) is 4.56. The minimum absolute atomic E-state index is 0.161. The Morgan fingerprint density at radius 1 is 1.11 bits per heavy atom. The van der Waals surface area contributed by atoms with Gasteiger partial charge in [-0.3, -0.25) is 0 Å². The second-order valence-electron chi connectivity index (χ2n) is 9.05. The fraction of sp³-hybridized carbons (Fsp3) is 0.346. The lowest BCUT2D eigenvalue weighted by Gasteiger charge is -2.28. The lowest BCUT2D eigenvalue weighted by atomic mass is 10.1. The van der Waals surface area contributed by atoms with Gasteiger partial charge in [0.15, 0.2) is 0 Å². The Hall–Kier alpha value is -3.56. The molecule has 2 saturated heterocycles. The van der Waals surface area contributed by atoms with Crippen LogP contribution in [-0.4, -0.2) is 68.2 Å². The van der Waals surface area contributed by atoms with E-state index in [2.05, 4.69) is 40.2 Å². The van der Waals surface area contributed by atoms with Crippen LogP contribution in [-0.2, 0) is 21.4 Å². The molecular weight excluding hydrogens is 492 g/mol. The van der Waals surface area contributed by atoms with Gasteiger partial charge in [0.2, 0.25) is 0 Å². The largest absolute Gasteiger partial charge is 0.488 e. The van der Waals surface area contributed by atoms with Crippen LogP contribution in [0.1, 0.15) is 23.4 Å². The number of hydrogen-bond acceptors (Lipinski definition) is 8. The minimum Gasteiger partial charge on any atom is -0.488 e. The molecule has 0 saturated carbocycles. The third-order valence-electron chi connectivity index (χ3n) is 6.54. The third-order valence-corrected chi connectivity index (χ3v) is 7.59. The van der Waals surface area contributed by atoms with Crippen molar-refractivity contribution in [3.8, 4) is 23.1 Å². The molecular formula is C26H28N6O4S. The number of hydrogen-bond donors (Lipinski definition) is 1. The van der Waals surface area contributed by atoms with Gasteiger partial charge in [-0.2, -0.15) is 18.0 Å². The first-order chi connectivity index (χ1) is 17.9. The van der Waals surface area contributed by atoms with Gasteiger partial charge in [0, 0.05) is 43.5 Å². The monoisotopic (exact) mass is 520 g/mol. The predicted octanol–water partition coefficient (Wildman–Crippen LogP) is 2.10. The van der Waals surface area contributed by atoms with Crippen molar-refractivity contribution in [2.75, 3.05) is 44.3 Å². The van der Waals surface area contributed by atoms with Crippen LogP contribution in [0.2, 0.25) is 0 Å². The number of nitriles is 1. The molecule has 1 aromatic heterocycles.